The highest BCUT2D eigenvalue weighted by molar-refractivity contribution is 5.95. The molecule has 2 rings (SSSR count). The van der Waals surface area contributed by atoms with Gasteiger partial charge in [0, 0.05) is 37.9 Å². The number of hydrogen-bond acceptors (Lipinski definition) is 5. The van der Waals surface area contributed by atoms with Crippen LogP contribution in [0.1, 0.15) is 29.6 Å². The first kappa shape index (κ1) is 20.0. The van der Waals surface area contributed by atoms with E-state index in [4.69, 9.17) is 0 Å². The Morgan fingerprint density at radius 1 is 1.31 bits per heavy atom. The highest BCUT2D eigenvalue weighted by Gasteiger charge is 2.27. The number of nitrogens with one attached hydrogen (secondary N) is 1. The predicted octanol–water partition coefficient (Wildman–Crippen LogP) is 2.89. The van der Waals surface area contributed by atoms with Crippen LogP contribution in [0.2, 0.25) is 0 Å². The number of amides is 1. The van der Waals surface area contributed by atoms with Gasteiger partial charge in [-0.1, -0.05) is 0 Å². The van der Waals surface area contributed by atoms with Gasteiger partial charge >= 0.3 is 6.18 Å². The number of benzene rings is 1. The smallest absolute Gasteiger partial charge is 0.372 e. The van der Waals surface area contributed by atoms with Crippen LogP contribution in [0.25, 0.3) is 0 Å². The van der Waals surface area contributed by atoms with Crippen LogP contribution in [-0.4, -0.2) is 49.9 Å². The summed E-state index contributed by atoms with van der Waals surface area (Å²) in [5.41, 5.74) is 0.494. The van der Waals surface area contributed by atoms with E-state index in [1.165, 1.54) is 12.1 Å². The number of halogens is 3. The number of nitrogens with zero attached hydrogens (tertiary/aromatic N) is 2. The second-order valence-corrected chi connectivity index (χ2v) is 5.93. The van der Waals surface area contributed by atoms with Crippen molar-refractivity contribution in [2.45, 2.75) is 25.4 Å². The van der Waals surface area contributed by atoms with Crippen molar-refractivity contribution in [3.63, 3.8) is 0 Å². The number of alkyl halides is 3. The lowest BCUT2D eigenvalue weighted by atomic mass is 10.1. The molecule has 0 aromatic heterocycles. The van der Waals surface area contributed by atoms with E-state index in [0.717, 1.165) is 25.9 Å². The maximum atomic E-state index is 12.1. The van der Waals surface area contributed by atoms with Crippen LogP contribution >= 0.6 is 0 Å². The molecule has 0 atom stereocenters. The molecule has 0 spiro atoms. The number of nitro groups is 1. The lowest BCUT2D eigenvalue weighted by Gasteiger charge is -2.17. The summed E-state index contributed by atoms with van der Waals surface area (Å²) in [6.45, 7) is 0.117. The van der Waals surface area contributed by atoms with Crippen molar-refractivity contribution in [2.75, 3.05) is 37.7 Å². The summed E-state index contributed by atoms with van der Waals surface area (Å²) in [5.74, 6) is -0.517. The number of nitro benzene ring substituents is 1. The standard InChI is InChI=1S/C16H20F3N3O4/c17-16(18,19)11-26-9-3-6-20-15(23)12-4-5-13(14(10-12)22(24)25)21-7-1-2-8-21/h4-5,10H,1-3,6-9,11H2,(H,20,23). The molecule has 0 unspecified atom stereocenters. The van der Waals surface area contributed by atoms with Gasteiger partial charge in [0.15, 0.2) is 0 Å². The molecule has 26 heavy (non-hydrogen) atoms. The molecule has 0 radical (unpaired) electrons. The molecule has 0 aliphatic carbocycles. The molecular weight excluding hydrogens is 355 g/mol. The summed E-state index contributed by atoms with van der Waals surface area (Å²) in [4.78, 5) is 24.8. The minimum Gasteiger partial charge on any atom is -0.372 e. The monoisotopic (exact) mass is 375 g/mol. The van der Waals surface area contributed by atoms with E-state index in [1.54, 1.807) is 6.07 Å². The van der Waals surface area contributed by atoms with Crippen LogP contribution in [0.4, 0.5) is 24.5 Å². The van der Waals surface area contributed by atoms with E-state index >= 15 is 0 Å². The largest absolute Gasteiger partial charge is 0.411 e. The Morgan fingerprint density at radius 3 is 2.62 bits per heavy atom. The van der Waals surface area contributed by atoms with Crippen molar-refractivity contribution in [3.8, 4) is 0 Å². The molecular formula is C16H20F3N3O4. The van der Waals surface area contributed by atoms with Gasteiger partial charge in [-0.25, -0.2) is 0 Å². The third kappa shape index (κ3) is 5.87. The molecule has 0 bridgehead atoms. The van der Waals surface area contributed by atoms with Gasteiger partial charge in [-0.2, -0.15) is 13.2 Å². The van der Waals surface area contributed by atoms with Crippen LogP contribution in [0.3, 0.4) is 0 Å². The summed E-state index contributed by atoms with van der Waals surface area (Å²) >= 11 is 0. The second-order valence-electron chi connectivity index (χ2n) is 5.93. The van der Waals surface area contributed by atoms with Crippen LogP contribution in [0.15, 0.2) is 18.2 Å². The summed E-state index contributed by atoms with van der Waals surface area (Å²) in [6, 6.07) is 4.30. The van der Waals surface area contributed by atoms with Crippen LogP contribution in [0.5, 0.6) is 0 Å². The Balaban J connectivity index is 1.88. The average Bonchev–Trinajstić information content (AvgIpc) is 3.10. The van der Waals surface area contributed by atoms with E-state index in [-0.39, 0.29) is 30.8 Å². The number of ether oxygens (including phenoxy) is 1. The Bertz CT molecular complexity index is 646. The quantitative estimate of drug-likeness (QED) is 0.429. The Kier molecular flexibility index (Phi) is 6.78. The maximum Gasteiger partial charge on any atom is 0.411 e. The lowest BCUT2D eigenvalue weighted by Crippen LogP contribution is -2.26. The van der Waals surface area contributed by atoms with Crippen LogP contribution < -0.4 is 10.2 Å². The van der Waals surface area contributed by atoms with Gasteiger partial charge in [0.1, 0.15) is 12.3 Å². The molecule has 1 aromatic rings. The molecule has 1 aliphatic rings. The normalized spacial score (nSPS) is 14.5. The summed E-state index contributed by atoms with van der Waals surface area (Å²) in [7, 11) is 0. The first-order valence-corrected chi connectivity index (χ1v) is 8.24. The minimum absolute atomic E-state index is 0.109. The molecule has 1 saturated heterocycles. The van der Waals surface area contributed by atoms with Gasteiger partial charge in [-0.05, 0) is 31.4 Å². The zero-order valence-corrected chi connectivity index (χ0v) is 14.1. The number of rotatable bonds is 8. The third-order valence-electron chi connectivity index (χ3n) is 3.90. The van der Waals surface area contributed by atoms with Gasteiger partial charge in [-0.3, -0.25) is 14.9 Å². The molecule has 1 amide bonds. The molecule has 1 N–H and O–H groups in total. The van der Waals surface area contributed by atoms with Gasteiger partial charge < -0.3 is 15.0 Å². The van der Waals surface area contributed by atoms with E-state index in [0.29, 0.717) is 5.69 Å². The fourth-order valence-electron chi connectivity index (χ4n) is 2.70. The molecule has 1 heterocycles. The van der Waals surface area contributed by atoms with Crippen LogP contribution in [-0.2, 0) is 4.74 Å². The predicted molar refractivity (Wildman–Crippen MR) is 88.4 cm³/mol. The topological polar surface area (TPSA) is 84.7 Å². The van der Waals surface area contributed by atoms with Gasteiger partial charge in [0.05, 0.1) is 4.92 Å². The Morgan fingerprint density at radius 2 is 2.00 bits per heavy atom. The van der Waals surface area contributed by atoms with E-state index in [1.807, 2.05) is 4.90 Å². The fourth-order valence-corrected chi connectivity index (χ4v) is 2.70. The summed E-state index contributed by atoms with van der Waals surface area (Å²) in [6.07, 6.45) is -2.24. The third-order valence-corrected chi connectivity index (χ3v) is 3.90. The van der Waals surface area contributed by atoms with Crippen molar-refractivity contribution in [3.05, 3.63) is 33.9 Å². The summed E-state index contributed by atoms with van der Waals surface area (Å²) in [5, 5.41) is 13.8. The molecule has 10 heteroatoms. The Hall–Kier alpha value is -2.36. The lowest BCUT2D eigenvalue weighted by molar-refractivity contribution is -0.384. The first-order valence-electron chi connectivity index (χ1n) is 8.24. The first-order chi connectivity index (χ1) is 12.3. The zero-order valence-electron chi connectivity index (χ0n) is 14.1. The van der Waals surface area contributed by atoms with Crippen LogP contribution in [0, 0.1) is 10.1 Å². The van der Waals surface area contributed by atoms with Crippen molar-refractivity contribution < 1.29 is 27.6 Å². The minimum atomic E-state index is -4.38. The fraction of sp³-hybridized carbons (Fsp3) is 0.562. The molecule has 1 fully saturated rings. The molecule has 7 nitrogen and oxygen atoms in total. The zero-order chi connectivity index (χ0) is 19.2. The number of carbonyl (C=O) groups is 1. The number of hydrogen-bond donors (Lipinski definition) is 1. The van der Waals surface area contributed by atoms with E-state index in [2.05, 4.69) is 10.1 Å². The van der Waals surface area contributed by atoms with Crippen molar-refractivity contribution >= 4 is 17.3 Å². The number of anilines is 1. The molecule has 1 aromatic carbocycles. The average molecular weight is 375 g/mol. The summed E-state index contributed by atoms with van der Waals surface area (Å²) < 4.78 is 40.2. The van der Waals surface area contributed by atoms with Crippen molar-refractivity contribution in [1.82, 2.24) is 5.32 Å². The molecule has 0 saturated carbocycles. The highest BCUT2D eigenvalue weighted by Crippen LogP contribution is 2.31. The molecule has 1 aliphatic heterocycles. The number of carbonyl (C=O) groups excluding carboxylic acids is 1. The van der Waals surface area contributed by atoms with Crippen molar-refractivity contribution in [2.24, 2.45) is 0 Å². The second kappa shape index (κ2) is 8.84. The van der Waals surface area contributed by atoms with E-state index in [9.17, 15) is 28.1 Å². The highest BCUT2D eigenvalue weighted by atomic mass is 19.4. The maximum absolute atomic E-state index is 12.1. The Labute approximate surface area is 148 Å². The van der Waals surface area contributed by atoms with E-state index < -0.39 is 23.6 Å². The van der Waals surface area contributed by atoms with Gasteiger partial charge in [0.2, 0.25) is 0 Å². The van der Waals surface area contributed by atoms with Crippen molar-refractivity contribution in [1.29, 1.82) is 0 Å². The van der Waals surface area contributed by atoms with Gasteiger partial charge in [-0.15, -0.1) is 0 Å². The van der Waals surface area contributed by atoms with Gasteiger partial charge in [0.25, 0.3) is 11.6 Å². The SMILES string of the molecule is O=C(NCCCOCC(F)(F)F)c1ccc(N2CCCC2)c([N+](=O)[O-])c1. The molecule has 144 valence electrons.